The van der Waals surface area contributed by atoms with Crippen LogP contribution < -0.4 is 17.0 Å². The number of aromatic amines is 1. The lowest BCUT2D eigenvalue weighted by Crippen LogP contribution is -2.36. The lowest BCUT2D eigenvalue weighted by molar-refractivity contribution is 0.387. The molecule has 1 aromatic carbocycles. The fraction of sp³-hybridized carbons (Fsp3) is 0.421. The molecule has 1 aliphatic rings. The van der Waals surface area contributed by atoms with Crippen LogP contribution in [0.5, 0.6) is 5.88 Å². The number of rotatable bonds is 3. The van der Waals surface area contributed by atoms with E-state index in [9.17, 15) is 14.7 Å². The Labute approximate surface area is 151 Å². The van der Waals surface area contributed by atoms with Crippen LogP contribution >= 0.6 is 0 Å². The van der Waals surface area contributed by atoms with Gasteiger partial charge in [0.05, 0.1) is 11.7 Å². The van der Waals surface area contributed by atoms with Gasteiger partial charge in [0.15, 0.2) is 0 Å². The molecule has 138 valence electrons. The molecule has 0 spiro atoms. The zero-order valence-corrected chi connectivity index (χ0v) is 15.0. The zero-order valence-electron chi connectivity index (χ0n) is 15.0. The Balaban J connectivity index is 2.05. The van der Waals surface area contributed by atoms with E-state index in [1.165, 1.54) is 6.21 Å². The van der Waals surface area contributed by atoms with E-state index in [4.69, 9.17) is 5.73 Å². The normalized spacial score (nSPS) is 20.6. The summed E-state index contributed by atoms with van der Waals surface area (Å²) in [5.74, 6) is -0.421. The second kappa shape index (κ2) is 7.29. The maximum atomic E-state index is 12.3. The van der Waals surface area contributed by atoms with Gasteiger partial charge in [-0.05, 0) is 49.9 Å². The van der Waals surface area contributed by atoms with E-state index in [1.54, 1.807) is 12.1 Å². The Bertz CT molecular complexity index is 958. The topological polar surface area (TPSA) is 113 Å². The minimum Gasteiger partial charge on any atom is -0.493 e. The zero-order chi connectivity index (χ0) is 18.8. The van der Waals surface area contributed by atoms with Gasteiger partial charge in [-0.2, -0.15) is 0 Å². The minimum absolute atomic E-state index is 0.0411. The number of aliphatic imine (C=N–C) groups is 1. The van der Waals surface area contributed by atoms with Crippen molar-refractivity contribution in [2.45, 2.75) is 51.6 Å². The van der Waals surface area contributed by atoms with Crippen LogP contribution in [0.3, 0.4) is 0 Å². The second-order valence-corrected chi connectivity index (χ2v) is 6.89. The number of H-pyrrole nitrogens is 1. The van der Waals surface area contributed by atoms with Gasteiger partial charge >= 0.3 is 5.69 Å². The van der Waals surface area contributed by atoms with Crippen LogP contribution in [0.25, 0.3) is 5.69 Å². The number of nitrogens with one attached hydrogen (secondary N) is 1. The molecular formula is C19H24N4O3. The van der Waals surface area contributed by atoms with Crippen LogP contribution in [-0.4, -0.2) is 33.0 Å². The lowest BCUT2D eigenvalue weighted by Gasteiger charge is -2.24. The Morgan fingerprint density at radius 1 is 1.23 bits per heavy atom. The number of hydrogen-bond acceptors (Lipinski definition) is 5. The molecule has 2 aromatic rings. The van der Waals surface area contributed by atoms with Crippen molar-refractivity contribution in [1.29, 1.82) is 0 Å². The Morgan fingerprint density at radius 2 is 1.96 bits per heavy atom. The fourth-order valence-corrected chi connectivity index (χ4v) is 3.25. The summed E-state index contributed by atoms with van der Waals surface area (Å²) < 4.78 is 1.08. The molecule has 1 saturated carbocycles. The van der Waals surface area contributed by atoms with Crippen LogP contribution in [-0.2, 0) is 0 Å². The first-order valence-electron chi connectivity index (χ1n) is 8.83. The molecule has 2 unspecified atom stereocenters. The molecule has 0 saturated heterocycles. The predicted molar refractivity (Wildman–Crippen MR) is 102 cm³/mol. The summed E-state index contributed by atoms with van der Waals surface area (Å²) >= 11 is 0. The molecule has 4 N–H and O–H groups in total. The van der Waals surface area contributed by atoms with Crippen molar-refractivity contribution in [3.63, 3.8) is 0 Å². The van der Waals surface area contributed by atoms with Gasteiger partial charge < -0.3 is 10.8 Å². The van der Waals surface area contributed by atoms with Gasteiger partial charge in [0.1, 0.15) is 5.56 Å². The third kappa shape index (κ3) is 3.48. The number of hydrogen-bond donors (Lipinski definition) is 3. The first kappa shape index (κ1) is 18.1. The summed E-state index contributed by atoms with van der Waals surface area (Å²) in [7, 11) is 0. The van der Waals surface area contributed by atoms with Crippen molar-refractivity contribution in [2.75, 3.05) is 0 Å². The van der Waals surface area contributed by atoms with Gasteiger partial charge in [0.2, 0.25) is 5.88 Å². The summed E-state index contributed by atoms with van der Waals surface area (Å²) in [6, 6.07) is 5.24. The summed E-state index contributed by atoms with van der Waals surface area (Å²) in [6.45, 7) is 3.87. The summed E-state index contributed by atoms with van der Waals surface area (Å²) in [6.07, 6.45) is 5.21. The van der Waals surface area contributed by atoms with Crippen molar-refractivity contribution in [2.24, 2.45) is 10.7 Å². The van der Waals surface area contributed by atoms with E-state index < -0.39 is 17.1 Å². The van der Waals surface area contributed by atoms with Crippen LogP contribution in [0.2, 0.25) is 0 Å². The molecule has 0 radical (unpaired) electrons. The average molecular weight is 356 g/mol. The van der Waals surface area contributed by atoms with E-state index in [0.717, 1.165) is 41.4 Å². The third-order valence-corrected chi connectivity index (χ3v) is 5.05. The SMILES string of the molecule is Cc1ccc(-n2c(O)c(C=NC3CCCCC3N)c(=O)[nH]c2=O)cc1C. The number of benzene rings is 1. The van der Waals surface area contributed by atoms with Crippen molar-refractivity contribution >= 4 is 6.21 Å². The minimum atomic E-state index is -0.692. The molecule has 0 aliphatic heterocycles. The van der Waals surface area contributed by atoms with Gasteiger partial charge in [0.25, 0.3) is 5.56 Å². The maximum absolute atomic E-state index is 12.3. The Hall–Kier alpha value is -2.67. The molecule has 7 heteroatoms. The fourth-order valence-electron chi connectivity index (χ4n) is 3.25. The van der Waals surface area contributed by atoms with Crippen LogP contribution in [0.15, 0.2) is 32.8 Å². The second-order valence-electron chi connectivity index (χ2n) is 6.89. The highest BCUT2D eigenvalue weighted by molar-refractivity contribution is 5.82. The van der Waals surface area contributed by atoms with Gasteiger partial charge in [0, 0.05) is 12.3 Å². The van der Waals surface area contributed by atoms with Crippen LogP contribution in [0, 0.1) is 13.8 Å². The molecule has 7 nitrogen and oxygen atoms in total. The van der Waals surface area contributed by atoms with Crippen molar-refractivity contribution in [3.8, 4) is 11.6 Å². The molecule has 26 heavy (non-hydrogen) atoms. The third-order valence-electron chi connectivity index (χ3n) is 5.05. The van der Waals surface area contributed by atoms with E-state index in [1.807, 2.05) is 19.9 Å². The maximum Gasteiger partial charge on any atom is 0.335 e. The highest BCUT2D eigenvalue weighted by atomic mass is 16.3. The predicted octanol–water partition coefficient (Wildman–Crippen LogP) is 1.54. The summed E-state index contributed by atoms with van der Waals surface area (Å²) in [4.78, 5) is 31.1. The van der Waals surface area contributed by atoms with Gasteiger partial charge in [-0.1, -0.05) is 18.9 Å². The van der Waals surface area contributed by atoms with E-state index in [0.29, 0.717) is 5.69 Å². The Morgan fingerprint density at radius 3 is 2.65 bits per heavy atom. The highest BCUT2D eigenvalue weighted by Gasteiger charge is 2.21. The lowest BCUT2D eigenvalue weighted by atomic mass is 9.91. The first-order chi connectivity index (χ1) is 12.4. The molecule has 1 fully saturated rings. The molecule has 0 amide bonds. The molecule has 1 heterocycles. The number of nitrogens with zero attached hydrogens (tertiary/aromatic N) is 2. The van der Waals surface area contributed by atoms with Crippen LogP contribution in [0.1, 0.15) is 42.4 Å². The van der Waals surface area contributed by atoms with Gasteiger partial charge in [-0.3, -0.25) is 14.8 Å². The standard InChI is InChI=1S/C19H24N4O3/c1-11-7-8-13(9-12(11)2)23-18(25)14(17(24)22-19(23)26)10-21-16-6-4-3-5-15(16)20/h7-10,15-16,25H,3-6,20H2,1-2H3,(H,22,24,26). The van der Waals surface area contributed by atoms with E-state index in [-0.39, 0.29) is 17.6 Å². The van der Waals surface area contributed by atoms with E-state index in [2.05, 4.69) is 9.98 Å². The number of aromatic hydroxyl groups is 1. The molecule has 1 aliphatic carbocycles. The monoisotopic (exact) mass is 356 g/mol. The molecular weight excluding hydrogens is 332 g/mol. The van der Waals surface area contributed by atoms with Crippen molar-refractivity contribution in [1.82, 2.24) is 9.55 Å². The molecule has 3 rings (SSSR count). The molecule has 0 bridgehead atoms. The smallest absolute Gasteiger partial charge is 0.335 e. The molecule has 1 aromatic heterocycles. The summed E-state index contributed by atoms with van der Waals surface area (Å²) in [5.41, 5.74) is 7.20. The van der Waals surface area contributed by atoms with Crippen molar-refractivity contribution < 1.29 is 5.11 Å². The largest absolute Gasteiger partial charge is 0.493 e. The number of aryl methyl sites for hydroxylation is 2. The molecule has 2 atom stereocenters. The number of nitrogens with two attached hydrogens (primary N) is 1. The van der Waals surface area contributed by atoms with Crippen molar-refractivity contribution in [3.05, 3.63) is 55.7 Å². The number of aromatic nitrogens is 2. The highest BCUT2D eigenvalue weighted by Crippen LogP contribution is 2.21. The first-order valence-corrected chi connectivity index (χ1v) is 8.83. The Kier molecular flexibility index (Phi) is 5.08. The van der Waals surface area contributed by atoms with Gasteiger partial charge in [-0.25, -0.2) is 9.36 Å². The summed E-state index contributed by atoms with van der Waals surface area (Å²) in [5, 5.41) is 10.6. The van der Waals surface area contributed by atoms with Crippen LogP contribution in [0.4, 0.5) is 0 Å². The van der Waals surface area contributed by atoms with E-state index >= 15 is 0 Å². The average Bonchev–Trinajstić information content (AvgIpc) is 2.59. The quantitative estimate of drug-likeness (QED) is 0.724. The van der Waals surface area contributed by atoms with Gasteiger partial charge in [-0.15, -0.1) is 0 Å².